The molecule has 0 aromatic heterocycles. The molecule has 0 saturated heterocycles. The smallest absolute Gasteiger partial charge is 0.243 e. The van der Waals surface area contributed by atoms with Crippen molar-refractivity contribution in [2.75, 3.05) is 6.61 Å². The fourth-order valence-corrected chi connectivity index (χ4v) is 7.41. The van der Waals surface area contributed by atoms with Gasteiger partial charge in [0.1, 0.15) is 5.78 Å². The highest BCUT2D eigenvalue weighted by molar-refractivity contribution is 5.89. The molecular formula is C23H35NO3. The maximum absolute atomic E-state index is 13.0. The number of amides is 1. The number of hydrogen-bond donors (Lipinski definition) is 2. The summed E-state index contributed by atoms with van der Waals surface area (Å²) in [4.78, 5) is 24.8. The summed E-state index contributed by atoms with van der Waals surface area (Å²) in [7, 11) is 0. The topological polar surface area (TPSA) is 66.4 Å². The van der Waals surface area contributed by atoms with E-state index < -0.39 is 0 Å². The zero-order valence-electron chi connectivity index (χ0n) is 17.0. The van der Waals surface area contributed by atoms with Crippen LogP contribution in [0.4, 0.5) is 0 Å². The Labute approximate surface area is 163 Å². The molecule has 3 aliphatic carbocycles. The van der Waals surface area contributed by atoms with Gasteiger partial charge in [0.25, 0.3) is 0 Å². The van der Waals surface area contributed by atoms with Gasteiger partial charge >= 0.3 is 0 Å². The molecule has 8 atom stereocenters. The molecule has 4 aliphatic rings. The normalized spacial score (nSPS) is 46.8. The third-order valence-electron chi connectivity index (χ3n) is 8.94. The number of Topliss-reactive ketones (excluding diaryl/α,β-unsaturated/α-hetero) is 1. The van der Waals surface area contributed by atoms with Crippen LogP contribution in [0.1, 0.15) is 65.7 Å². The number of hydrogen-bond acceptors (Lipinski definition) is 3. The van der Waals surface area contributed by atoms with Gasteiger partial charge in [-0.3, -0.25) is 9.59 Å². The number of aliphatic hydroxyl groups excluding tert-OH is 1. The molecule has 1 unspecified atom stereocenters. The first-order chi connectivity index (χ1) is 12.8. The lowest BCUT2D eigenvalue weighted by Gasteiger charge is -2.58. The first-order valence-corrected chi connectivity index (χ1v) is 10.9. The maximum atomic E-state index is 13.0. The molecule has 3 saturated carbocycles. The molecule has 0 spiro atoms. The van der Waals surface area contributed by atoms with Crippen molar-refractivity contribution in [1.82, 2.24) is 5.32 Å². The van der Waals surface area contributed by atoms with E-state index in [1.54, 1.807) is 6.08 Å². The van der Waals surface area contributed by atoms with Gasteiger partial charge in [-0.25, -0.2) is 0 Å². The second kappa shape index (κ2) is 6.72. The first-order valence-electron chi connectivity index (χ1n) is 10.9. The Bertz CT molecular complexity index is 658. The van der Waals surface area contributed by atoms with Gasteiger partial charge in [-0.15, -0.1) is 0 Å². The van der Waals surface area contributed by atoms with Crippen molar-refractivity contribution >= 4 is 11.7 Å². The van der Waals surface area contributed by atoms with Crippen molar-refractivity contribution in [3.05, 3.63) is 12.2 Å². The molecular weight excluding hydrogens is 338 g/mol. The molecule has 4 heteroatoms. The Morgan fingerprint density at radius 3 is 2.74 bits per heavy atom. The summed E-state index contributed by atoms with van der Waals surface area (Å²) in [6, 6.07) is 0.268. The zero-order chi connectivity index (χ0) is 19.4. The number of fused-ring (bicyclic) bond motifs is 5. The predicted octanol–water partition coefficient (Wildman–Crippen LogP) is 3.49. The number of carbonyl (C=O) groups excluding carboxylic acids is 2. The number of nitrogens with one attached hydrogen (secondary N) is 1. The molecule has 2 N–H and O–H groups in total. The van der Waals surface area contributed by atoms with Crippen molar-refractivity contribution in [2.45, 2.75) is 71.8 Å². The van der Waals surface area contributed by atoms with E-state index >= 15 is 0 Å². The first kappa shape index (κ1) is 19.2. The van der Waals surface area contributed by atoms with Crippen LogP contribution < -0.4 is 5.32 Å². The number of aliphatic hydroxyl groups is 1. The van der Waals surface area contributed by atoms with Gasteiger partial charge in [-0.2, -0.15) is 0 Å². The minimum atomic E-state index is 0.0566. The Kier molecular flexibility index (Phi) is 4.77. The Balaban J connectivity index is 1.56. The van der Waals surface area contributed by atoms with E-state index in [1.165, 1.54) is 12.8 Å². The van der Waals surface area contributed by atoms with Gasteiger partial charge in [0, 0.05) is 30.4 Å². The molecule has 4 nitrogen and oxygen atoms in total. The summed E-state index contributed by atoms with van der Waals surface area (Å²) in [6.07, 6.45) is 11.1. The monoisotopic (exact) mass is 373 g/mol. The van der Waals surface area contributed by atoms with Gasteiger partial charge < -0.3 is 10.4 Å². The van der Waals surface area contributed by atoms with E-state index in [1.807, 2.05) is 6.92 Å². The standard InChI is InChI=1S/C23H35NO3/c1-14(13-25)12-19(26)18-6-5-16-15-4-7-20-23(3,11-9-21(27)24-20)17(15)8-10-22(16,18)2/h9,11,14-18,20,25H,4-8,10,12-13H2,1-3H3,(H,24,27)/t14?,15-,16-,17-,18+,20+,22-,23+/m0/s1. The second-order valence-corrected chi connectivity index (χ2v) is 10.3. The van der Waals surface area contributed by atoms with Gasteiger partial charge in [-0.1, -0.05) is 26.8 Å². The second-order valence-electron chi connectivity index (χ2n) is 10.3. The summed E-state index contributed by atoms with van der Waals surface area (Å²) in [5.74, 6) is 2.57. The molecule has 27 heavy (non-hydrogen) atoms. The summed E-state index contributed by atoms with van der Waals surface area (Å²) in [5.41, 5.74) is 0.184. The molecule has 4 rings (SSSR count). The van der Waals surface area contributed by atoms with E-state index in [4.69, 9.17) is 0 Å². The lowest BCUT2D eigenvalue weighted by Crippen LogP contribution is -2.59. The van der Waals surface area contributed by atoms with Crippen molar-refractivity contribution < 1.29 is 14.7 Å². The average molecular weight is 374 g/mol. The van der Waals surface area contributed by atoms with Crippen LogP contribution in [0.3, 0.4) is 0 Å². The summed E-state index contributed by atoms with van der Waals surface area (Å²) in [5, 5.41) is 12.6. The van der Waals surface area contributed by atoms with Gasteiger partial charge in [0.15, 0.2) is 0 Å². The lowest BCUT2D eigenvalue weighted by atomic mass is 9.47. The third-order valence-corrected chi connectivity index (χ3v) is 8.94. The number of carbonyl (C=O) groups is 2. The van der Waals surface area contributed by atoms with Crippen LogP contribution in [-0.2, 0) is 9.59 Å². The summed E-state index contributed by atoms with van der Waals surface area (Å²) < 4.78 is 0. The van der Waals surface area contributed by atoms with Gasteiger partial charge in [0.2, 0.25) is 5.91 Å². The zero-order valence-corrected chi connectivity index (χ0v) is 17.0. The number of ketones is 1. The van der Waals surface area contributed by atoms with E-state index in [-0.39, 0.29) is 41.2 Å². The van der Waals surface area contributed by atoms with Crippen molar-refractivity contribution in [2.24, 2.45) is 40.4 Å². The minimum absolute atomic E-state index is 0.0566. The molecule has 0 aromatic carbocycles. The van der Waals surface area contributed by atoms with E-state index in [0.717, 1.165) is 25.7 Å². The molecule has 1 amide bonds. The lowest BCUT2D eigenvalue weighted by molar-refractivity contribution is -0.133. The number of rotatable bonds is 4. The summed E-state index contributed by atoms with van der Waals surface area (Å²) in [6.45, 7) is 6.78. The highest BCUT2D eigenvalue weighted by atomic mass is 16.3. The fourth-order valence-electron chi connectivity index (χ4n) is 7.41. The highest BCUT2D eigenvalue weighted by Crippen LogP contribution is 2.65. The molecule has 0 aromatic rings. The van der Waals surface area contributed by atoms with Crippen molar-refractivity contribution in [3.8, 4) is 0 Å². The molecule has 1 heterocycles. The molecule has 0 bridgehead atoms. The van der Waals surface area contributed by atoms with Crippen LogP contribution in [0.25, 0.3) is 0 Å². The molecule has 1 aliphatic heterocycles. The van der Waals surface area contributed by atoms with E-state index in [9.17, 15) is 14.7 Å². The van der Waals surface area contributed by atoms with Crippen LogP contribution in [0, 0.1) is 40.4 Å². The van der Waals surface area contributed by atoms with Crippen LogP contribution in [-0.4, -0.2) is 29.4 Å². The highest BCUT2D eigenvalue weighted by Gasteiger charge is 2.60. The maximum Gasteiger partial charge on any atom is 0.243 e. The van der Waals surface area contributed by atoms with E-state index in [0.29, 0.717) is 30.0 Å². The van der Waals surface area contributed by atoms with Crippen molar-refractivity contribution in [1.29, 1.82) is 0 Å². The summed E-state index contributed by atoms with van der Waals surface area (Å²) >= 11 is 0. The third kappa shape index (κ3) is 2.90. The minimum Gasteiger partial charge on any atom is -0.396 e. The van der Waals surface area contributed by atoms with Gasteiger partial charge in [0.05, 0.1) is 0 Å². The molecule has 0 radical (unpaired) electrons. The van der Waals surface area contributed by atoms with Crippen LogP contribution in [0.5, 0.6) is 0 Å². The Hall–Kier alpha value is -1.16. The van der Waals surface area contributed by atoms with Crippen molar-refractivity contribution in [3.63, 3.8) is 0 Å². The Morgan fingerprint density at radius 2 is 2.00 bits per heavy atom. The largest absolute Gasteiger partial charge is 0.396 e. The van der Waals surface area contributed by atoms with Crippen LogP contribution in [0.15, 0.2) is 12.2 Å². The van der Waals surface area contributed by atoms with Gasteiger partial charge in [-0.05, 0) is 73.7 Å². The molecule has 150 valence electrons. The molecule has 3 fully saturated rings. The predicted molar refractivity (Wildman–Crippen MR) is 105 cm³/mol. The fraction of sp³-hybridized carbons (Fsp3) is 0.826. The van der Waals surface area contributed by atoms with E-state index in [2.05, 4.69) is 25.2 Å². The van der Waals surface area contributed by atoms with Crippen LogP contribution >= 0.6 is 0 Å². The van der Waals surface area contributed by atoms with Crippen LogP contribution in [0.2, 0.25) is 0 Å². The Morgan fingerprint density at radius 1 is 1.22 bits per heavy atom. The average Bonchev–Trinajstić information content (AvgIpc) is 2.99. The quantitative estimate of drug-likeness (QED) is 0.793. The SMILES string of the molecule is CC(CO)CC(=O)[C@H]1CC[C@H]2[C@@H]3CC[C@H]4NC(=O)C=C[C@]4(C)[C@H]3CC[C@]12C.